The highest BCUT2D eigenvalue weighted by atomic mass is 35.5. The third-order valence-corrected chi connectivity index (χ3v) is 5.62. The first-order valence-electron chi connectivity index (χ1n) is 10.5. The van der Waals surface area contributed by atoms with Gasteiger partial charge >= 0.3 is 0 Å². The lowest BCUT2D eigenvalue weighted by Crippen LogP contribution is -2.37. The monoisotopic (exact) mass is 445 g/mol. The molecule has 2 heterocycles. The number of rotatable bonds is 6. The van der Waals surface area contributed by atoms with Gasteiger partial charge in [-0.05, 0) is 57.9 Å². The van der Waals surface area contributed by atoms with Crippen molar-refractivity contribution in [2.24, 2.45) is 0 Å². The number of nitrogens with zero attached hydrogens (tertiary/aromatic N) is 3. The summed E-state index contributed by atoms with van der Waals surface area (Å²) in [5.41, 5.74) is 2.69. The third-order valence-electron chi connectivity index (χ3n) is 5.31. The van der Waals surface area contributed by atoms with Gasteiger partial charge in [-0.15, -0.1) is 0 Å². The van der Waals surface area contributed by atoms with Gasteiger partial charge in [0.15, 0.2) is 0 Å². The van der Waals surface area contributed by atoms with E-state index in [1.54, 1.807) is 34.7 Å². The molecule has 3 amide bonds. The van der Waals surface area contributed by atoms with Crippen molar-refractivity contribution in [2.45, 2.75) is 52.5 Å². The van der Waals surface area contributed by atoms with E-state index in [9.17, 15) is 14.4 Å². The molecule has 31 heavy (non-hydrogen) atoms. The first-order valence-corrected chi connectivity index (χ1v) is 10.8. The maximum absolute atomic E-state index is 12.6. The molecular weight excluding hydrogens is 418 g/mol. The van der Waals surface area contributed by atoms with Crippen LogP contribution in [0.4, 0.5) is 11.4 Å². The molecule has 9 heteroatoms. The maximum Gasteiger partial charge on any atom is 0.248 e. The first kappa shape index (κ1) is 22.8. The first-order chi connectivity index (χ1) is 14.7. The van der Waals surface area contributed by atoms with E-state index in [-0.39, 0.29) is 24.3 Å². The molecule has 1 aliphatic heterocycles. The van der Waals surface area contributed by atoms with Crippen molar-refractivity contribution in [3.8, 4) is 0 Å². The largest absolute Gasteiger partial charge is 0.333 e. The summed E-state index contributed by atoms with van der Waals surface area (Å²) >= 11 is 6.33. The van der Waals surface area contributed by atoms with Gasteiger partial charge in [-0.2, -0.15) is 5.10 Å². The second kappa shape index (κ2) is 9.96. The highest BCUT2D eigenvalue weighted by Crippen LogP contribution is 2.26. The summed E-state index contributed by atoms with van der Waals surface area (Å²) in [7, 11) is 0. The maximum atomic E-state index is 12.6. The molecule has 1 aliphatic rings. The highest BCUT2D eigenvalue weighted by Gasteiger charge is 2.21. The van der Waals surface area contributed by atoms with E-state index in [2.05, 4.69) is 15.7 Å². The summed E-state index contributed by atoms with van der Waals surface area (Å²) in [5.74, 6) is -0.508. The van der Waals surface area contributed by atoms with Crippen LogP contribution in [0.25, 0.3) is 0 Å². The van der Waals surface area contributed by atoms with Gasteiger partial charge in [0.1, 0.15) is 6.04 Å². The van der Waals surface area contributed by atoms with Crippen molar-refractivity contribution < 1.29 is 14.4 Å². The predicted octanol–water partition coefficient (Wildman–Crippen LogP) is 3.69. The van der Waals surface area contributed by atoms with Crippen molar-refractivity contribution in [3.63, 3.8) is 0 Å². The lowest BCUT2D eigenvalue weighted by atomic mass is 10.2. The van der Waals surface area contributed by atoms with Gasteiger partial charge in [-0.3, -0.25) is 19.1 Å². The summed E-state index contributed by atoms with van der Waals surface area (Å²) in [5, 5.41) is 10.2. The fourth-order valence-corrected chi connectivity index (χ4v) is 3.89. The van der Waals surface area contributed by atoms with Crippen molar-refractivity contribution in [3.05, 3.63) is 40.7 Å². The smallest absolute Gasteiger partial charge is 0.248 e. The van der Waals surface area contributed by atoms with Gasteiger partial charge in [0, 0.05) is 24.3 Å². The second-order valence-electron chi connectivity index (χ2n) is 7.91. The Labute approximate surface area is 186 Å². The number of amides is 3. The van der Waals surface area contributed by atoms with Gasteiger partial charge in [0.25, 0.3) is 0 Å². The lowest BCUT2D eigenvalue weighted by Gasteiger charge is -2.20. The minimum absolute atomic E-state index is 0.0143. The summed E-state index contributed by atoms with van der Waals surface area (Å²) in [4.78, 5) is 38.7. The Morgan fingerprint density at radius 3 is 2.61 bits per heavy atom. The van der Waals surface area contributed by atoms with Crippen LogP contribution < -0.4 is 10.6 Å². The Bertz CT molecular complexity index is 988. The van der Waals surface area contributed by atoms with E-state index >= 15 is 0 Å². The van der Waals surface area contributed by atoms with Crippen LogP contribution in [0.15, 0.2) is 24.3 Å². The molecule has 0 bridgehead atoms. The standard InChI is InChI=1S/C22H28ClN5O3/c1-14-11-15(2)28(26-14)16(3)22(31)25-19-9-8-17(12-18(19)23)24-20(29)13-27-10-6-4-5-7-21(27)30/h8-9,11-12,16H,4-7,10,13H2,1-3H3,(H,24,29)(H,25,31). The number of likely N-dealkylation sites (tertiary alicyclic amines) is 1. The molecule has 1 unspecified atom stereocenters. The molecule has 1 fully saturated rings. The molecule has 1 atom stereocenters. The average Bonchev–Trinajstić information content (AvgIpc) is 2.92. The van der Waals surface area contributed by atoms with Crippen LogP contribution in [0.1, 0.15) is 50.0 Å². The van der Waals surface area contributed by atoms with Crippen LogP contribution in [0.3, 0.4) is 0 Å². The van der Waals surface area contributed by atoms with Crippen molar-refractivity contribution in [1.82, 2.24) is 14.7 Å². The number of nitrogens with one attached hydrogen (secondary N) is 2. The number of hydrogen-bond acceptors (Lipinski definition) is 4. The average molecular weight is 446 g/mol. The quantitative estimate of drug-likeness (QED) is 0.708. The Balaban J connectivity index is 1.60. The number of halogens is 1. The van der Waals surface area contributed by atoms with Gasteiger partial charge in [0.2, 0.25) is 17.7 Å². The molecule has 1 saturated heterocycles. The second-order valence-corrected chi connectivity index (χ2v) is 8.31. The molecule has 0 spiro atoms. The fourth-order valence-electron chi connectivity index (χ4n) is 3.66. The molecule has 2 N–H and O–H groups in total. The highest BCUT2D eigenvalue weighted by molar-refractivity contribution is 6.34. The molecule has 1 aromatic heterocycles. The van der Waals surface area contributed by atoms with Crippen molar-refractivity contribution >= 4 is 40.7 Å². The number of carbonyl (C=O) groups excluding carboxylic acids is 3. The summed E-state index contributed by atoms with van der Waals surface area (Å²) < 4.78 is 1.66. The number of carbonyl (C=O) groups is 3. The molecular formula is C22H28ClN5O3. The van der Waals surface area contributed by atoms with E-state index in [1.807, 2.05) is 19.9 Å². The third kappa shape index (κ3) is 5.85. The normalized spacial score (nSPS) is 15.4. The number of benzene rings is 1. The number of anilines is 2. The summed E-state index contributed by atoms with van der Waals surface area (Å²) in [6.07, 6.45) is 3.28. The van der Waals surface area contributed by atoms with E-state index in [4.69, 9.17) is 11.6 Å². The van der Waals surface area contributed by atoms with Gasteiger partial charge in [-0.1, -0.05) is 18.0 Å². The van der Waals surface area contributed by atoms with E-state index in [0.717, 1.165) is 30.7 Å². The molecule has 8 nitrogen and oxygen atoms in total. The van der Waals surface area contributed by atoms with Crippen molar-refractivity contribution in [2.75, 3.05) is 23.7 Å². The SMILES string of the molecule is Cc1cc(C)n(C(C)C(=O)Nc2ccc(NC(=O)CN3CCCCCC3=O)cc2Cl)n1. The van der Waals surface area contributed by atoms with E-state index in [1.165, 1.54) is 0 Å². The Kier molecular flexibility index (Phi) is 7.33. The van der Waals surface area contributed by atoms with E-state index in [0.29, 0.717) is 29.4 Å². The minimum atomic E-state index is -0.504. The van der Waals surface area contributed by atoms with E-state index < -0.39 is 6.04 Å². The molecule has 0 saturated carbocycles. The van der Waals surface area contributed by atoms with Crippen LogP contribution in [0, 0.1) is 13.8 Å². The molecule has 1 aromatic carbocycles. The lowest BCUT2D eigenvalue weighted by molar-refractivity contribution is -0.134. The molecule has 0 radical (unpaired) electrons. The molecule has 166 valence electrons. The summed E-state index contributed by atoms with van der Waals surface area (Å²) in [6, 6.07) is 6.29. The topological polar surface area (TPSA) is 96.3 Å². The predicted molar refractivity (Wildman–Crippen MR) is 120 cm³/mol. The van der Waals surface area contributed by atoms with Gasteiger partial charge in [-0.25, -0.2) is 0 Å². The van der Waals surface area contributed by atoms with Gasteiger partial charge in [0.05, 0.1) is 22.9 Å². The zero-order valence-corrected chi connectivity index (χ0v) is 18.8. The van der Waals surface area contributed by atoms with Crippen LogP contribution in [-0.2, 0) is 14.4 Å². The molecule has 3 rings (SSSR count). The zero-order chi connectivity index (χ0) is 22.5. The molecule has 0 aliphatic carbocycles. The Morgan fingerprint density at radius 2 is 1.94 bits per heavy atom. The minimum Gasteiger partial charge on any atom is -0.333 e. The summed E-state index contributed by atoms with van der Waals surface area (Å²) in [6.45, 7) is 6.16. The van der Waals surface area contributed by atoms with Crippen LogP contribution in [0.2, 0.25) is 5.02 Å². The van der Waals surface area contributed by atoms with Crippen molar-refractivity contribution in [1.29, 1.82) is 0 Å². The number of hydrogen-bond donors (Lipinski definition) is 2. The van der Waals surface area contributed by atoms with Crippen LogP contribution in [0.5, 0.6) is 0 Å². The van der Waals surface area contributed by atoms with Crippen LogP contribution in [-0.4, -0.2) is 45.5 Å². The Hall–Kier alpha value is -2.87. The Morgan fingerprint density at radius 1 is 1.16 bits per heavy atom. The fraction of sp³-hybridized carbons (Fsp3) is 0.455. The zero-order valence-electron chi connectivity index (χ0n) is 18.1. The number of aromatic nitrogens is 2. The molecule has 2 aromatic rings. The number of aryl methyl sites for hydroxylation is 2. The van der Waals surface area contributed by atoms with Gasteiger partial charge < -0.3 is 15.5 Å². The van der Waals surface area contributed by atoms with Crippen LogP contribution >= 0.6 is 11.6 Å².